The molecule has 0 amide bonds. The van der Waals surface area contributed by atoms with E-state index in [1.165, 1.54) is 83.5 Å². The van der Waals surface area contributed by atoms with Gasteiger partial charge in [0.15, 0.2) is 0 Å². The second-order valence-corrected chi connectivity index (χ2v) is 6.56. The number of aliphatic carboxylic acids is 2. The Kier molecular flexibility index (Phi) is 31.7. The Morgan fingerprint density at radius 2 is 0.840 bits per heavy atom. The second-order valence-electron chi connectivity index (χ2n) is 6.56. The summed E-state index contributed by atoms with van der Waals surface area (Å²) in [5, 5.41) is 19.1. The number of unbranched alkanes of at least 4 members (excludes halogenated alkanes) is 14. The summed E-state index contributed by atoms with van der Waals surface area (Å²) >= 11 is 0. The van der Waals surface area contributed by atoms with Gasteiger partial charge in [0.25, 0.3) is 0 Å². The molecule has 0 fully saturated rings. The first-order valence-electron chi connectivity index (χ1n) is 9.88. The molecule has 25 heavy (non-hydrogen) atoms. The van der Waals surface area contributed by atoms with Gasteiger partial charge >= 0.3 is 37.7 Å². The maximum Gasteiger partial charge on any atom is 2.00 e. The van der Waals surface area contributed by atoms with E-state index in [1.54, 1.807) is 0 Å². The molecule has 0 aromatic rings. The minimum absolute atomic E-state index is 0. The van der Waals surface area contributed by atoms with Gasteiger partial charge in [-0.3, -0.25) is 0 Å². The van der Waals surface area contributed by atoms with E-state index in [0.29, 0.717) is 0 Å². The summed E-state index contributed by atoms with van der Waals surface area (Å²) in [5.41, 5.74) is 0. The molecule has 0 spiro atoms. The molecule has 0 aliphatic carbocycles. The molecule has 5 heteroatoms. The Balaban J connectivity index is -0.000000867. The van der Waals surface area contributed by atoms with Crippen LogP contribution in [-0.4, -0.2) is 49.7 Å². The van der Waals surface area contributed by atoms with Gasteiger partial charge in [-0.1, -0.05) is 96.8 Å². The molecule has 0 aromatic carbocycles. The van der Waals surface area contributed by atoms with Crippen LogP contribution in [0.4, 0.5) is 0 Å². The molecule has 0 unspecified atom stereocenters. The molecule has 0 saturated heterocycles. The molecule has 0 bridgehead atoms. The smallest absolute Gasteiger partial charge is 0.550 e. The monoisotopic (exact) mass is 382 g/mol. The van der Waals surface area contributed by atoms with E-state index < -0.39 is 11.9 Å². The molecule has 144 valence electrons. The maximum absolute atomic E-state index is 10.2. The number of carbonyl (C=O) groups is 2. The Morgan fingerprint density at radius 1 is 0.600 bits per heavy atom. The minimum atomic E-state index is -1.08. The molecular formula is C20H38CaO4. The summed E-state index contributed by atoms with van der Waals surface area (Å²) in [5.74, 6) is -1.99. The predicted octanol–water partition coefficient (Wildman–Crippen LogP) is 3.37. The van der Waals surface area contributed by atoms with Crippen LogP contribution < -0.4 is 10.2 Å². The average Bonchev–Trinajstić information content (AvgIpc) is 2.50. The summed E-state index contributed by atoms with van der Waals surface area (Å²) in [6, 6.07) is 0. The van der Waals surface area contributed by atoms with Crippen LogP contribution >= 0.6 is 0 Å². The zero-order chi connectivity index (χ0) is 18.5. The quantitative estimate of drug-likeness (QED) is 0.303. The van der Waals surface area contributed by atoms with Crippen molar-refractivity contribution in [1.82, 2.24) is 0 Å². The molecule has 0 saturated carbocycles. The number of hydrogen-bond acceptors (Lipinski definition) is 4. The predicted molar refractivity (Wildman–Crippen MR) is 101 cm³/mol. The Bertz CT molecular complexity index is 279. The van der Waals surface area contributed by atoms with E-state index in [2.05, 4.69) is 6.92 Å². The van der Waals surface area contributed by atoms with Crippen molar-refractivity contribution < 1.29 is 19.8 Å². The van der Waals surface area contributed by atoms with Crippen LogP contribution in [0.3, 0.4) is 0 Å². The van der Waals surface area contributed by atoms with Crippen LogP contribution in [0.25, 0.3) is 0 Å². The summed E-state index contributed by atoms with van der Waals surface area (Å²) in [6.45, 7) is 3.24. The Morgan fingerprint density at radius 3 is 1.08 bits per heavy atom. The third-order valence-electron chi connectivity index (χ3n) is 3.98. The van der Waals surface area contributed by atoms with Crippen LogP contribution in [-0.2, 0) is 9.59 Å². The molecule has 0 atom stereocenters. The van der Waals surface area contributed by atoms with Crippen molar-refractivity contribution >= 4 is 49.7 Å². The summed E-state index contributed by atoms with van der Waals surface area (Å²) in [7, 11) is 0. The number of hydrogen-bond donors (Lipinski definition) is 0. The van der Waals surface area contributed by atoms with Gasteiger partial charge in [-0.15, -0.1) is 0 Å². The second kappa shape index (κ2) is 26.4. The van der Waals surface area contributed by atoms with Gasteiger partial charge in [0.2, 0.25) is 0 Å². The van der Waals surface area contributed by atoms with Crippen molar-refractivity contribution in [3.63, 3.8) is 0 Å². The van der Waals surface area contributed by atoms with E-state index in [1.807, 2.05) is 0 Å². The van der Waals surface area contributed by atoms with Crippen molar-refractivity contribution in [3.8, 4) is 0 Å². The zero-order valence-electron chi connectivity index (χ0n) is 16.7. The van der Waals surface area contributed by atoms with E-state index in [9.17, 15) is 9.90 Å². The normalized spacial score (nSPS) is 9.68. The summed E-state index contributed by atoms with van der Waals surface area (Å²) in [6.07, 6.45) is 19.9. The van der Waals surface area contributed by atoms with Gasteiger partial charge in [0.1, 0.15) is 0 Å². The summed E-state index contributed by atoms with van der Waals surface area (Å²) < 4.78 is 0. The van der Waals surface area contributed by atoms with E-state index in [-0.39, 0.29) is 44.2 Å². The van der Waals surface area contributed by atoms with Crippen molar-refractivity contribution in [2.45, 2.75) is 117 Å². The number of rotatable bonds is 16. The number of carboxylic acid groups (broad SMARTS) is 2. The van der Waals surface area contributed by atoms with E-state index in [0.717, 1.165) is 19.8 Å². The van der Waals surface area contributed by atoms with Crippen LogP contribution in [0.5, 0.6) is 0 Å². The van der Waals surface area contributed by atoms with Crippen molar-refractivity contribution in [2.24, 2.45) is 0 Å². The molecule has 0 rings (SSSR count). The largest absolute Gasteiger partial charge is 2.00 e. The van der Waals surface area contributed by atoms with Crippen molar-refractivity contribution in [3.05, 3.63) is 0 Å². The summed E-state index contributed by atoms with van der Waals surface area (Å²) in [4.78, 5) is 19.1. The third-order valence-corrected chi connectivity index (χ3v) is 3.98. The van der Waals surface area contributed by atoms with Gasteiger partial charge in [-0.2, -0.15) is 0 Å². The fraction of sp³-hybridized carbons (Fsp3) is 0.900. The Labute approximate surface area is 185 Å². The zero-order valence-corrected chi connectivity index (χ0v) is 18.9. The van der Waals surface area contributed by atoms with Crippen LogP contribution in [0.15, 0.2) is 0 Å². The fourth-order valence-corrected chi connectivity index (χ4v) is 2.64. The van der Waals surface area contributed by atoms with Gasteiger partial charge in [-0.05, 0) is 19.8 Å². The SMILES string of the molecule is CC(=O)[O-].CCCCCCCCCCCCCCCCCC(=O)[O-].[Ca+2]. The average molecular weight is 383 g/mol. The van der Waals surface area contributed by atoms with E-state index >= 15 is 0 Å². The molecule has 0 heterocycles. The molecule has 0 aromatic heterocycles. The van der Waals surface area contributed by atoms with Crippen LogP contribution in [0, 0.1) is 0 Å². The minimum Gasteiger partial charge on any atom is -0.550 e. The van der Waals surface area contributed by atoms with Crippen LogP contribution in [0.1, 0.15) is 117 Å². The number of carboxylic acids is 2. The molecular weight excluding hydrogens is 344 g/mol. The molecule has 0 N–H and O–H groups in total. The van der Waals surface area contributed by atoms with Gasteiger partial charge in [0, 0.05) is 11.9 Å². The van der Waals surface area contributed by atoms with Gasteiger partial charge < -0.3 is 19.8 Å². The topological polar surface area (TPSA) is 80.3 Å². The van der Waals surface area contributed by atoms with Crippen LogP contribution in [0.2, 0.25) is 0 Å². The van der Waals surface area contributed by atoms with Gasteiger partial charge in [-0.25, -0.2) is 0 Å². The molecule has 0 aliphatic heterocycles. The molecule has 4 nitrogen and oxygen atoms in total. The van der Waals surface area contributed by atoms with Gasteiger partial charge in [0.05, 0.1) is 0 Å². The molecule has 0 aliphatic rings. The fourth-order valence-electron chi connectivity index (χ4n) is 2.64. The standard InChI is InChI=1S/C18H36O2.C2H4O2.Ca/c1-2-3-4-5-6-7-8-9-10-11-12-13-14-15-16-17-18(19)20;1-2(3)4;/h2-17H2,1H3,(H,19,20);1H3,(H,3,4);/q;;+2/p-2. The first kappa shape index (κ1) is 29.9. The molecule has 0 radical (unpaired) electrons. The maximum atomic E-state index is 10.2. The first-order chi connectivity index (χ1) is 11.5. The van der Waals surface area contributed by atoms with E-state index in [4.69, 9.17) is 9.90 Å². The third kappa shape index (κ3) is 40.3. The Hall–Kier alpha value is 0.200. The van der Waals surface area contributed by atoms with Crippen molar-refractivity contribution in [2.75, 3.05) is 0 Å². The number of carbonyl (C=O) groups excluding carboxylic acids is 2. The van der Waals surface area contributed by atoms with Crippen molar-refractivity contribution in [1.29, 1.82) is 0 Å². The first-order valence-corrected chi connectivity index (χ1v) is 9.88.